The molecule has 2 aliphatic carbocycles. The molecule has 108 valence electrons. The predicted molar refractivity (Wildman–Crippen MR) is 85.9 cm³/mol. The first kappa shape index (κ1) is 13.1. The number of benzene rings is 1. The van der Waals surface area contributed by atoms with Crippen molar-refractivity contribution in [1.82, 2.24) is 9.97 Å². The minimum Gasteiger partial charge on any atom is -0.301 e. The van der Waals surface area contributed by atoms with Gasteiger partial charge in [0, 0.05) is 11.0 Å². The fourth-order valence-corrected chi connectivity index (χ4v) is 4.45. The number of nitrogens with one attached hydrogen (secondary N) is 1. The van der Waals surface area contributed by atoms with Crippen LogP contribution in [0.5, 0.6) is 0 Å². The molecule has 2 aliphatic rings. The van der Waals surface area contributed by atoms with Gasteiger partial charge in [-0.15, -0.1) is 0 Å². The van der Waals surface area contributed by atoms with Crippen molar-refractivity contribution in [2.24, 2.45) is 0 Å². The van der Waals surface area contributed by atoms with Crippen molar-refractivity contribution >= 4 is 11.8 Å². The maximum atomic E-state index is 12.7. The van der Waals surface area contributed by atoms with Crippen molar-refractivity contribution in [1.29, 1.82) is 0 Å². The van der Waals surface area contributed by atoms with Crippen LogP contribution in [0, 0.1) is 0 Å². The standard InChI is InChI=1S/C17H18N2OS/c1-21-16-18-14-12-7-3-2-6-11(12)10-17(8-4-5-9-17)13(14)15(20)19-16/h2-3,6-7H,4-5,8-10H2,1H3,(H,18,19,20). The molecule has 4 rings (SSSR count). The summed E-state index contributed by atoms with van der Waals surface area (Å²) < 4.78 is 0. The molecular weight excluding hydrogens is 280 g/mol. The first-order valence-electron chi connectivity index (χ1n) is 7.51. The van der Waals surface area contributed by atoms with E-state index in [2.05, 4.69) is 23.2 Å². The second-order valence-corrected chi connectivity index (χ2v) is 6.92. The van der Waals surface area contributed by atoms with E-state index in [-0.39, 0.29) is 11.0 Å². The van der Waals surface area contributed by atoms with Crippen LogP contribution < -0.4 is 5.56 Å². The minimum absolute atomic E-state index is 0.0151. The predicted octanol–water partition coefficient (Wildman–Crippen LogP) is 3.53. The number of aromatic amines is 1. The zero-order valence-electron chi connectivity index (χ0n) is 12.1. The normalized spacial score (nSPS) is 18.5. The van der Waals surface area contributed by atoms with Crippen molar-refractivity contribution in [3.63, 3.8) is 0 Å². The molecule has 0 aliphatic heterocycles. The fraction of sp³-hybridized carbons (Fsp3) is 0.412. The highest BCUT2D eigenvalue weighted by Gasteiger charge is 2.43. The third-order valence-corrected chi connectivity index (χ3v) is 5.56. The van der Waals surface area contributed by atoms with E-state index in [4.69, 9.17) is 4.98 Å². The number of thioether (sulfide) groups is 1. The molecule has 1 N–H and O–H groups in total. The monoisotopic (exact) mass is 298 g/mol. The lowest BCUT2D eigenvalue weighted by molar-refractivity contribution is 0.425. The Kier molecular flexibility index (Phi) is 2.96. The Labute approximate surface area is 128 Å². The lowest BCUT2D eigenvalue weighted by atomic mass is 9.68. The summed E-state index contributed by atoms with van der Waals surface area (Å²) in [4.78, 5) is 20.4. The van der Waals surface area contributed by atoms with E-state index >= 15 is 0 Å². The van der Waals surface area contributed by atoms with Crippen molar-refractivity contribution < 1.29 is 0 Å². The maximum Gasteiger partial charge on any atom is 0.255 e. The van der Waals surface area contributed by atoms with Crippen molar-refractivity contribution in [2.75, 3.05) is 6.26 Å². The summed E-state index contributed by atoms with van der Waals surface area (Å²) in [6.45, 7) is 0. The Balaban J connectivity index is 2.05. The third-order valence-electron chi connectivity index (χ3n) is 4.98. The molecule has 1 spiro atoms. The van der Waals surface area contributed by atoms with Gasteiger partial charge in [-0.25, -0.2) is 4.98 Å². The van der Waals surface area contributed by atoms with Gasteiger partial charge in [0.05, 0.1) is 11.3 Å². The van der Waals surface area contributed by atoms with Crippen LogP contribution in [0.4, 0.5) is 0 Å². The molecule has 0 saturated heterocycles. The topological polar surface area (TPSA) is 45.8 Å². The molecule has 0 amide bonds. The summed E-state index contributed by atoms with van der Waals surface area (Å²) in [5.41, 5.74) is 4.44. The highest BCUT2D eigenvalue weighted by Crippen LogP contribution is 2.49. The zero-order chi connectivity index (χ0) is 14.4. The quantitative estimate of drug-likeness (QED) is 0.647. The molecule has 1 aromatic carbocycles. The summed E-state index contributed by atoms with van der Waals surface area (Å²) in [5, 5.41) is 0.712. The van der Waals surface area contributed by atoms with E-state index in [1.54, 1.807) is 0 Å². The maximum absolute atomic E-state index is 12.7. The van der Waals surface area contributed by atoms with Gasteiger partial charge in [0.2, 0.25) is 0 Å². The SMILES string of the molecule is CSc1nc2c(c(=O)[nH]1)C1(CCCC1)Cc1ccccc1-2. The lowest BCUT2D eigenvalue weighted by Gasteiger charge is -2.35. The Morgan fingerprint density at radius 3 is 2.76 bits per heavy atom. The van der Waals surface area contributed by atoms with E-state index in [1.165, 1.54) is 30.2 Å². The Hall–Kier alpha value is -1.55. The summed E-state index contributed by atoms with van der Waals surface area (Å²) in [6, 6.07) is 8.43. The van der Waals surface area contributed by atoms with Crippen molar-refractivity contribution in [3.8, 4) is 11.3 Å². The van der Waals surface area contributed by atoms with Crippen LogP contribution >= 0.6 is 11.8 Å². The second kappa shape index (κ2) is 4.73. The molecular formula is C17H18N2OS. The minimum atomic E-state index is 0.0151. The van der Waals surface area contributed by atoms with Gasteiger partial charge in [0.1, 0.15) is 0 Å². The van der Waals surface area contributed by atoms with Crippen LogP contribution in [0.15, 0.2) is 34.2 Å². The van der Waals surface area contributed by atoms with Crippen LogP contribution in [0.25, 0.3) is 11.3 Å². The van der Waals surface area contributed by atoms with E-state index in [0.29, 0.717) is 5.16 Å². The summed E-state index contributed by atoms with van der Waals surface area (Å²) >= 11 is 1.49. The number of rotatable bonds is 1. The van der Waals surface area contributed by atoms with Crippen LogP contribution in [0.3, 0.4) is 0 Å². The van der Waals surface area contributed by atoms with Gasteiger partial charge in [-0.2, -0.15) is 0 Å². The van der Waals surface area contributed by atoms with Gasteiger partial charge in [-0.05, 0) is 31.1 Å². The van der Waals surface area contributed by atoms with Gasteiger partial charge in [0.15, 0.2) is 5.16 Å². The molecule has 0 atom stereocenters. The Morgan fingerprint density at radius 2 is 2.00 bits per heavy atom. The largest absolute Gasteiger partial charge is 0.301 e. The van der Waals surface area contributed by atoms with E-state index < -0.39 is 0 Å². The molecule has 1 heterocycles. The highest BCUT2D eigenvalue weighted by atomic mass is 32.2. The first-order valence-corrected chi connectivity index (χ1v) is 8.73. The number of fused-ring (bicyclic) bond motifs is 4. The van der Waals surface area contributed by atoms with Crippen LogP contribution in [-0.2, 0) is 11.8 Å². The van der Waals surface area contributed by atoms with Gasteiger partial charge in [-0.1, -0.05) is 48.9 Å². The van der Waals surface area contributed by atoms with E-state index in [0.717, 1.165) is 36.1 Å². The van der Waals surface area contributed by atoms with Gasteiger partial charge < -0.3 is 4.98 Å². The molecule has 0 radical (unpaired) electrons. The van der Waals surface area contributed by atoms with Gasteiger partial charge in [-0.3, -0.25) is 4.79 Å². The summed E-state index contributed by atoms with van der Waals surface area (Å²) in [7, 11) is 0. The number of hydrogen-bond acceptors (Lipinski definition) is 3. The molecule has 4 heteroatoms. The fourth-order valence-electron chi connectivity index (χ4n) is 4.07. The molecule has 1 saturated carbocycles. The lowest BCUT2D eigenvalue weighted by Crippen LogP contribution is -2.37. The van der Waals surface area contributed by atoms with Crippen molar-refractivity contribution in [2.45, 2.75) is 42.7 Å². The molecule has 1 fully saturated rings. The number of aromatic nitrogens is 2. The molecule has 0 bridgehead atoms. The van der Waals surface area contributed by atoms with Gasteiger partial charge >= 0.3 is 0 Å². The highest BCUT2D eigenvalue weighted by molar-refractivity contribution is 7.98. The molecule has 2 aromatic rings. The average molecular weight is 298 g/mol. The molecule has 1 aromatic heterocycles. The van der Waals surface area contributed by atoms with E-state index in [9.17, 15) is 4.79 Å². The average Bonchev–Trinajstić information content (AvgIpc) is 2.95. The summed E-state index contributed by atoms with van der Waals surface area (Å²) in [5.74, 6) is 0. The Bertz CT molecular complexity index is 760. The first-order chi connectivity index (χ1) is 10.2. The number of hydrogen-bond donors (Lipinski definition) is 1. The Morgan fingerprint density at radius 1 is 1.24 bits per heavy atom. The number of H-pyrrole nitrogens is 1. The van der Waals surface area contributed by atoms with Crippen LogP contribution in [-0.4, -0.2) is 16.2 Å². The molecule has 3 nitrogen and oxygen atoms in total. The van der Waals surface area contributed by atoms with Crippen LogP contribution in [0.1, 0.15) is 36.8 Å². The second-order valence-electron chi connectivity index (χ2n) is 6.12. The smallest absolute Gasteiger partial charge is 0.255 e. The van der Waals surface area contributed by atoms with Gasteiger partial charge in [0.25, 0.3) is 5.56 Å². The third kappa shape index (κ3) is 1.89. The number of nitrogens with zero attached hydrogens (tertiary/aromatic N) is 1. The zero-order valence-corrected chi connectivity index (χ0v) is 12.9. The summed E-state index contributed by atoms with van der Waals surface area (Å²) in [6.07, 6.45) is 7.58. The molecule has 21 heavy (non-hydrogen) atoms. The molecule has 0 unspecified atom stereocenters. The van der Waals surface area contributed by atoms with Crippen LogP contribution in [0.2, 0.25) is 0 Å². The van der Waals surface area contributed by atoms with Crippen molar-refractivity contribution in [3.05, 3.63) is 45.7 Å². The van der Waals surface area contributed by atoms with E-state index in [1.807, 2.05) is 12.3 Å².